The van der Waals surface area contributed by atoms with Crippen LogP contribution in [0.5, 0.6) is 0 Å². The van der Waals surface area contributed by atoms with Gasteiger partial charge in [-0.3, -0.25) is 9.09 Å². The van der Waals surface area contributed by atoms with E-state index in [0.717, 1.165) is 10.8 Å². The molecule has 0 amide bonds. The van der Waals surface area contributed by atoms with Crippen LogP contribution in [-0.2, 0) is 31.6 Å². The zero-order valence-electron chi connectivity index (χ0n) is 13.9. The van der Waals surface area contributed by atoms with E-state index >= 15 is 0 Å². The van der Waals surface area contributed by atoms with Crippen LogP contribution < -0.4 is 11.4 Å². The average Bonchev–Trinajstić information content (AvgIpc) is 2.78. The van der Waals surface area contributed by atoms with Gasteiger partial charge >= 0.3 is 29.2 Å². The number of phosphoric ester groups is 1. The normalized spacial score (nSPS) is 29.3. The molecule has 0 radical (unpaired) electrons. The highest BCUT2D eigenvalue weighted by Gasteiger charge is 2.46. The van der Waals surface area contributed by atoms with Gasteiger partial charge in [0, 0.05) is 6.20 Å². The number of aliphatic hydroxyl groups excluding tert-OH is 2. The summed E-state index contributed by atoms with van der Waals surface area (Å²) < 4.78 is 50.8. The number of anilines is 1. The first-order chi connectivity index (χ1) is 13.1. The van der Waals surface area contributed by atoms with Crippen molar-refractivity contribution in [2.45, 2.75) is 24.5 Å². The van der Waals surface area contributed by atoms with Crippen molar-refractivity contribution in [1.29, 1.82) is 0 Å². The fraction of sp³-hybridized carbons (Fsp3) is 0.556. The third-order valence-corrected chi connectivity index (χ3v) is 7.08. The largest absolute Gasteiger partial charge is 0.490 e. The lowest BCUT2D eigenvalue weighted by atomic mass is 10.1. The Balaban J connectivity index is 2.05. The van der Waals surface area contributed by atoms with E-state index in [1.165, 1.54) is 6.07 Å². The van der Waals surface area contributed by atoms with E-state index in [9.17, 15) is 33.6 Å². The van der Waals surface area contributed by atoms with Gasteiger partial charge in [-0.1, -0.05) is 0 Å². The van der Waals surface area contributed by atoms with Crippen LogP contribution in [0.2, 0.25) is 0 Å². The van der Waals surface area contributed by atoms with Crippen molar-refractivity contribution in [1.82, 2.24) is 9.55 Å². The fourth-order valence-corrected chi connectivity index (χ4v) is 5.22. The highest BCUT2D eigenvalue weighted by molar-refractivity contribution is 7.66. The third-order valence-electron chi connectivity index (χ3n) is 3.28. The Hall–Kier alpha value is -1.03. The minimum atomic E-state index is -5.71. The zero-order valence-corrected chi connectivity index (χ0v) is 16.6. The van der Waals surface area contributed by atoms with Gasteiger partial charge in [0.25, 0.3) is 0 Å². The van der Waals surface area contributed by atoms with Gasteiger partial charge < -0.3 is 40.3 Å². The van der Waals surface area contributed by atoms with Gasteiger partial charge in [0.2, 0.25) is 0 Å². The van der Waals surface area contributed by atoms with Crippen molar-refractivity contribution in [3.05, 3.63) is 22.7 Å². The number of nitrogens with zero attached hydrogens (tertiary/aromatic N) is 2. The molecular weight excluding hydrogens is 467 g/mol. The predicted molar refractivity (Wildman–Crippen MR) is 88.6 cm³/mol. The molecule has 2 rings (SSSR count). The Morgan fingerprint density at radius 3 is 2.28 bits per heavy atom. The first-order valence-electron chi connectivity index (χ1n) is 7.25. The van der Waals surface area contributed by atoms with Crippen LogP contribution in [0.25, 0.3) is 0 Å². The maximum atomic E-state index is 11.8. The maximum absolute atomic E-state index is 11.8. The van der Waals surface area contributed by atoms with E-state index < -0.39 is 60.3 Å². The number of nitrogen functional groups attached to an aromatic ring is 1. The van der Waals surface area contributed by atoms with Crippen molar-refractivity contribution < 1.29 is 61.4 Å². The number of phosphoric acid groups is 3. The highest BCUT2D eigenvalue weighted by Crippen LogP contribution is 2.66. The molecular formula is C9H16N3O14P3. The first kappa shape index (κ1) is 24.2. The number of hydrogen-bond donors (Lipinski definition) is 7. The summed E-state index contributed by atoms with van der Waals surface area (Å²) in [6.07, 6.45) is -5.38. The summed E-state index contributed by atoms with van der Waals surface area (Å²) in [5.74, 6) is -0.122. The molecule has 2 heterocycles. The quantitative estimate of drug-likeness (QED) is 0.193. The minimum absolute atomic E-state index is 0.122. The second kappa shape index (κ2) is 8.61. The molecule has 29 heavy (non-hydrogen) atoms. The summed E-state index contributed by atoms with van der Waals surface area (Å²) in [5, 5.41) is 20.0. The molecule has 6 atom stereocenters. The molecule has 17 nitrogen and oxygen atoms in total. The van der Waals surface area contributed by atoms with Crippen molar-refractivity contribution in [2.24, 2.45) is 0 Å². The van der Waals surface area contributed by atoms with Crippen LogP contribution in [0.4, 0.5) is 5.82 Å². The van der Waals surface area contributed by atoms with Crippen molar-refractivity contribution >= 4 is 29.3 Å². The molecule has 0 saturated carbocycles. The van der Waals surface area contributed by atoms with Crippen LogP contribution in [-0.4, -0.2) is 64.3 Å². The monoisotopic (exact) mass is 483 g/mol. The predicted octanol–water partition coefficient (Wildman–Crippen LogP) is -2.21. The molecule has 1 aromatic rings. The van der Waals surface area contributed by atoms with Gasteiger partial charge in [0.15, 0.2) is 6.23 Å². The smallest absolute Gasteiger partial charge is 0.387 e. The molecule has 1 aliphatic rings. The molecule has 20 heteroatoms. The van der Waals surface area contributed by atoms with E-state index in [1.807, 2.05) is 0 Å². The Morgan fingerprint density at radius 1 is 1.10 bits per heavy atom. The second-order valence-electron chi connectivity index (χ2n) is 5.48. The van der Waals surface area contributed by atoms with Crippen LogP contribution in [0, 0.1) is 0 Å². The number of aromatic nitrogens is 2. The highest BCUT2D eigenvalue weighted by atomic mass is 31.3. The molecule has 166 valence electrons. The van der Waals surface area contributed by atoms with Crippen molar-refractivity contribution in [3.8, 4) is 0 Å². The maximum Gasteiger partial charge on any atom is 0.490 e. The summed E-state index contributed by atoms with van der Waals surface area (Å²) in [7, 11) is -16.7. The standard InChI is InChI=1S/C9H16N3O14P3/c10-5-1-2-12(9(15)11-5)8-7(14)6(13)4(24-8)3-23-28(19,20)26-29(21,22)25-27(16,17)18/h1-2,4,6-8,13-14H,3H2,(H,19,20)(H,21,22)(H2,10,11,15)(H2,16,17,18)/t4-,6+,7-,8-/m1/s1. The van der Waals surface area contributed by atoms with Gasteiger partial charge in [-0.15, -0.1) is 0 Å². The number of hydrogen-bond acceptors (Lipinski definition) is 12. The third kappa shape index (κ3) is 6.73. The van der Waals surface area contributed by atoms with Crippen LogP contribution >= 0.6 is 23.5 Å². The van der Waals surface area contributed by atoms with Crippen LogP contribution in [0.15, 0.2) is 17.1 Å². The van der Waals surface area contributed by atoms with Crippen molar-refractivity contribution in [2.75, 3.05) is 12.3 Å². The Bertz CT molecular complexity index is 946. The van der Waals surface area contributed by atoms with Crippen LogP contribution in [0.3, 0.4) is 0 Å². The van der Waals surface area contributed by atoms with Gasteiger partial charge in [-0.05, 0) is 6.07 Å². The number of aliphatic hydroxyl groups is 2. The molecule has 0 aromatic carbocycles. The van der Waals surface area contributed by atoms with Gasteiger partial charge in [0.05, 0.1) is 6.61 Å². The summed E-state index contributed by atoms with van der Waals surface area (Å²) in [4.78, 5) is 50.5. The van der Waals surface area contributed by atoms with E-state index in [4.69, 9.17) is 25.2 Å². The lowest BCUT2D eigenvalue weighted by Gasteiger charge is -2.19. The topological polar surface area (TPSA) is 270 Å². The number of nitrogens with two attached hydrogens (primary N) is 1. The Labute approximate surface area is 160 Å². The summed E-state index contributed by atoms with van der Waals surface area (Å²) in [6.45, 7) is -1.02. The zero-order chi connectivity index (χ0) is 22.2. The lowest BCUT2D eigenvalue weighted by Crippen LogP contribution is -2.36. The van der Waals surface area contributed by atoms with E-state index in [1.54, 1.807) is 0 Å². The number of rotatable bonds is 8. The van der Waals surface area contributed by atoms with E-state index in [-0.39, 0.29) is 5.82 Å². The van der Waals surface area contributed by atoms with E-state index in [2.05, 4.69) is 18.1 Å². The summed E-state index contributed by atoms with van der Waals surface area (Å²) in [5.41, 5.74) is 4.39. The molecule has 0 aliphatic carbocycles. The van der Waals surface area contributed by atoms with Gasteiger partial charge in [-0.2, -0.15) is 13.6 Å². The van der Waals surface area contributed by atoms with E-state index in [0.29, 0.717) is 0 Å². The molecule has 1 saturated heterocycles. The lowest BCUT2D eigenvalue weighted by molar-refractivity contribution is -0.0541. The molecule has 1 aliphatic heterocycles. The first-order valence-corrected chi connectivity index (χ1v) is 11.8. The molecule has 2 unspecified atom stereocenters. The minimum Gasteiger partial charge on any atom is -0.387 e. The molecule has 1 aromatic heterocycles. The van der Waals surface area contributed by atoms with Gasteiger partial charge in [-0.25, -0.2) is 18.5 Å². The average molecular weight is 483 g/mol. The Kier molecular flexibility index (Phi) is 7.20. The second-order valence-corrected chi connectivity index (χ2v) is 9.90. The summed E-state index contributed by atoms with van der Waals surface area (Å²) in [6, 6.07) is 1.20. The molecule has 1 fully saturated rings. The molecule has 0 bridgehead atoms. The number of ether oxygens (including phenoxy) is 1. The van der Waals surface area contributed by atoms with Gasteiger partial charge in [0.1, 0.15) is 24.1 Å². The SMILES string of the molecule is Nc1ccn([C@@H]2O[C@H](COP(=O)(O)OP(=O)(O)OP(=O)(O)O)[C@H](O)[C@H]2O)c(=O)n1. The molecule has 8 N–H and O–H groups in total. The molecule has 0 spiro atoms. The fourth-order valence-electron chi connectivity index (χ4n) is 2.19. The summed E-state index contributed by atoms with van der Waals surface area (Å²) >= 11 is 0. The van der Waals surface area contributed by atoms with Crippen LogP contribution in [0.1, 0.15) is 6.23 Å². The van der Waals surface area contributed by atoms with Crippen molar-refractivity contribution in [3.63, 3.8) is 0 Å². The Morgan fingerprint density at radius 2 is 1.72 bits per heavy atom.